The highest BCUT2D eigenvalue weighted by Crippen LogP contribution is 2.46. The van der Waals surface area contributed by atoms with Crippen LogP contribution in [0.1, 0.15) is 78.6 Å². The zero-order valence-corrected chi connectivity index (χ0v) is 15.6. The summed E-state index contributed by atoms with van der Waals surface area (Å²) in [7, 11) is -4.55. The summed E-state index contributed by atoms with van der Waals surface area (Å²) >= 11 is 0. The number of nitrogens with zero attached hydrogens (tertiary/aromatic N) is 1. The molecule has 1 amide bonds. The average Bonchev–Trinajstić information content (AvgIpc) is 2.93. The summed E-state index contributed by atoms with van der Waals surface area (Å²) in [5.41, 5.74) is -0.865. The SMILES string of the molecule is CCCCCC(=O)N1CCC[C@H]1CC(CC)(CC)OP(=O)(O)O. The summed E-state index contributed by atoms with van der Waals surface area (Å²) in [6.45, 7) is 6.61. The van der Waals surface area contributed by atoms with Crippen LogP contribution in [-0.4, -0.2) is 38.8 Å². The summed E-state index contributed by atoms with van der Waals surface area (Å²) in [5.74, 6) is 0.165. The Hall–Kier alpha value is -0.420. The van der Waals surface area contributed by atoms with E-state index in [1.165, 1.54) is 0 Å². The molecule has 0 spiro atoms. The fraction of sp³-hybridized carbons (Fsp3) is 0.938. The van der Waals surface area contributed by atoms with Gasteiger partial charge in [-0.15, -0.1) is 0 Å². The molecule has 1 aliphatic rings. The van der Waals surface area contributed by atoms with Crippen LogP contribution in [0.15, 0.2) is 0 Å². The number of rotatable bonds is 10. The van der Waals surface area contributed by atoms with Crippen molar-refractivity contribution >= 4 is 13.7 Å². The Kier molecular flexibility index (Phi) is 8.22. The van der Waals surface area contributed by atoms with Gasteiger partial charge in [-0.2, -0.15) is 0 Å². The smallest absolute Gasteiger partial charge is 0.340 e. The van der Waals surface area contributed by atoms with Crippen LogP contribution in [0, 0.1) is 0 Å². The van der Waals surface area contributed by atoms with Gasteiger partial charge in [-0.3, -0.25) is 9.32 Å². The average molecular weight is 349 g/mol. The minimum absolute atomic E-state index is 0.0237. The molecule has 1 aliphatic heterocycles. The molecule has 0 aromatic carbocycles. The third-order valence-corrected chi connectivity index (χ3v) is 5.53. The van der Waals surface area contributed by atoms with Crippen molar-refractivity contribution in [2.45, 2.75) is 90.2 Å². The number of carbonyl (C=O) groups is 1. The maximum Gasteiger partial charge on any atom is 0.470 e. The fourth-order valence-corrected chi connectivity index (χ4v) is 4.27. The number of amides is 1. The molecule has 0 aromatic heterocycles. The van der Waals surface area contributed by atoms with E-state index in [1.807, 2.05) is 18.7 Å². The first-order valence-corrected chi connectivity index (χ1v) is 10.4. The molecule has 1 heterocycles. The Morgan fingerprint density at radius 1 is 1.26 bits per heavy atom. The van der Waals surface area contributed by atoms with Gasteiger partial charge in [0.25, 0.3) is 0 Å². The molecule has 0 saturated carbocycles. The predicted octanol–water partition coefficient (Wildman–Crippen LogP) is 3.62. The van der Waals surface area contributed by atoms with E-state index in [1.54, 1.807) is 0 Å². The van der Waals surface area contributed by atoms with E-state index in [4.69, 9.17) is 4.52 Å². The Labute approximate surface area is 139 Å². The number of hydrogen-bond acceptors (Lipinski definition) is 3. The van der Waals surface area contributed by atoms with Crippen molar-refractivity contribution in [3.05, 3.63) is 0 Å². The molecule has 2 N–H and O–H groups in total. The highest BCUT2D eigenvalue weighted by atomic mass is 31.2. The van der Waals surface area contributed by atoms with Crippen LogP contribution in [0.25, 0.3) is 0 Å². The lowest BCUT2D eigenvalue weighted by molar-refractivity contribution is -0.133. The van der Waals surface area contributed by atoms with Gasteiger partial charge in [-0.25, -0.2) is 4.57 Å². The molecule has 6 nitrogen and oxygen atoms in total. The van der Waals surface area contributed by atoms with Crippen LogP contribution in [0.2, 0.25) is 0 Å². The number of phosphoric ester groups is 1. The molecule has 1 atom stereocenters. The minimum Gasteiger partial charge on any atom is -0.340 e. The Morgan fingerprint density at radius 3 is 2.43 bits per heavy atom. The molecule has 136 valence electrons. The molecular formula is C16H32NO5P. The first-order chi connectivity index (χ1) is 10.8. The highest BCUT2D eigenvalue weighted by Gasteiger charge is 2.40. The largest absolute Gasteiger partial charge is 0.470 e. The van der Waals surface area contributed by atoms with Gasteiger partial charge in [-0.05, 0) is 38.5 Å². The van der Waals surface area contributed by atoms with Crippen LogP contribution in [0.5, 0.6) is 0 Å². The fourth-order valence-electron chi connectivity index (χ4n) is 3.43. The topological polar surface area (TPSA) is 87.1 Å². The summed E-state index contributed by atoms with van der Waals surface area (Å²) in [5, 5.41) is 0. The van der Waals surface area contributed by atoms with Gasteiger partial charge < -0.3 is 14.7 Å². The normalized spacial score (nSPS) is 19.3. The van der Waals surface area contributed by atoms with Crippen LogP contribution in [0.3, 0.4) is 0 Å². The summed E-state index contributed by atoms with van der Waals surface area (Å²) in [6.07, 6.45) is 6.96. The van der Waals surface area contributed by atoms with E-state index in [2.05, 4.69) is 6.92 Å². The first-order valence-electron chi connectivity index (χ1n) is 8.82. The number of phosphoric acid groups is 1. The minimum atomic E-state index is -4.55. The molecule has 0 unspecified atom stereocenters. The van der Waals surface area contributed by atoms with Crippen LogP contribution in [-0.2, 0) is 13.9 Å². The van der Waals surface area contributed by atoms with E-state index in [9.17, 15) is 19.1 Å². The van der Waals surface area contributed by atoms with E-state index < -0.39 is 13.4 Å². The van der Waals surface area contributed by atoms with Crippen molar-refractivity contribution < 1.29 is 23.7 Å². The zero-order valence-electron chi connectivity index (χ0n) is 14.7. The van der Waals surface area contributed by atoms with Crippen LogP contribution >= 0.6 is 7.82 Å². The van der Waals surface area contributed by atoms with E-state index in [-0.39, 0.29) is 11.9 Å². The number of hydrogen-bond donors (Lipinski definition) is 2. The standard InChI is InChI=1S/C16H32NO5P/c1-4-7-8-11-15(18)17-12-9-10-14(17)13-16(5-2,6-3)22-23(19,20)21/h14H,4-13H2,1-3H3,(H2,19,20,21)/t14-/m0/s1. The maximum atomic E-state index is 12.4. The molecule has 0 bridgehead atoms. The van der Waals surface area contributed by atoms with Crippen molar-refractivity contribution in [2.75, 3.05) is 6.54 Å². The number of carbonyl (C=O) groups excluding carboxylic acids is 1. The number of unbranched alkanes of at least 4 members (excludes halogenated alkanes) is 2. The van der Waals surface area contributed by atoms with Gasteiger partial charge in [-0.1, -0.05) is 33.6 Å². The van der Waals surface area contributed by atoms with Gasteiger partial charge in [0.2, 0.25) is 5.91 Å². The van der Waals surface area contributed by atoms with Crippen molar-refractivity contribution in [1.82, 2.24) is 4.90 Å². The summed E-state index contributed by atoms with van der Waals surface area (Å²) in [4.78, 5) is 32.7. The summed E-state index contributed by atoms with van der Waals surface area (Å²) in [6, 6.07) is 0.0237. The van der Waals surface area contributed by atoms with Crippen molar-refractivity contribution in [1.29, 1.82) is 0 Å². The lowest BCUT2D eigenvalue weighted by atomic mass is 9.88. The molecule has 7 heteroatoms. The van der Waals surface area contributed by atoms with Crippen LogP contribution in [0.4, 0.5) is 0 Å². The molecule has 1 fully saturated rings. The first kappa shape index (κ1) is 20.6. The lowest BCUT2D eigenvalue weighted by Crippen LogP contribution is -2.42. The van der Waals surface area contributed by atoms with Gasteiger partial charge in [0.05, 0.1) is 5.60 Å². The second-order valence-corrected chi connectivity index (χ2v) is 7.68. The zero-order chi connectivity index (χ0) is 17.5. The van der Waals surface area contributed by atoms with E-state index in [0.717, 1.165) is 38.6 Å². The molecule has 0 radical (unpaired) electrons. The molecule has 1 saturated heterocycles. The second-order valence-electron chi connectivity index (χ2n) is 6.52. The van der Waals surface area contributed by atoms with Gasteiger partial charge in [0.1, 0.15) is 0 Å². The molecule has 0 aromatic rings. The van der Waals surface area contributed by atoms with Crippen molar-refractivity contribution in [2.24, 2.45) is 0 Å². The Bertz CT molecular complexity index is 419. The van der Waals surface area contributed by atoms with Crippen molar-refractivity contribution in [3.8, 4) is 0 Å². The maximum absolute atomic E-state index is 12.4. The quantitative estimate of drug-likeness (QED) is 0.465. The molecule has 23 heavy (non-hydrogen) atoms. The van der Waals surface area contributed by atoms with Gasteiger partial charge in [0, 0.05) is 19.0 Å². The van der Waals surface area contributed by atoms with Crippen LogP contribution < -0.4 is 0 Å². The predicted molar refractivity (Wildman–Crippen MR) is 89.9 cm³/mol. The van der Waals surface area contributed by atoms with Gasteiger partial charge >= 0.3 is 7.82 Å². The molecule has 1 rings (SSSR count). The third-order valence-electron chi connectivity index (χ3n) is 4.90. The Balaban J connectivity index is 2.74. The van der Waals surface area contributed by atoms with E-state index in [0.29, 0.717) is 25.7 Å². The lowest BCUT2D eigenvalue weighted by Gasteiger charge is -2.37. The highest BCUT2D eigenvalue weighted by molar-refractivity contribution is 7.46. The van der Waals surface area contributed by atoms with Gasteiger partial charge in [0.15, 0.2) is 0 Å². The van der Waals surface area contributed by atoms with Crippen molar-refractivity contribution in [3.63, 3.8) is 0 Å². The molecular weight excluding hydrogens is 317 g/mol. The second kappa shape index (κ2) is 9.16. The summed E-state index contributed by atoms with van der Waals surface area (Å²) < 4.78 is 16.5. The van der Waals surface area contributed by atoms with E-state index >= 15 is 0 Å². The molecule has 0 aliphatic carbocycles. The number of likely N-dealkylation sites (tertiary alicyclic amines) is 1. The Morgan fingerprint density at radius 2 is 1.91 bits per heavy atom. The third kappa shape index (κ3) is 6.54. The monoisotopic (exact) mass is 349 g/mol.